The molecule has 1 fully saturated rings. The van der Waals surface area contributed by atoms with E-state index < -0.39 is 0 Å². The maximum Gasteiger partial charge on any atom is 0.315 e. The number of amidine groups is 1. The maximum absolute atomic E-state index is 13.3. The highest BCUT2D eigenvalue weighted by atomic mass is 32.1. The van der Waals surface area contributed by atoms with Crippen molar-refractivity contribution in [2.75, 3.05) is 13.7 Å². The molecule has 184 valence electrons. The van der Waals surface area contributed by atoms with Crippen molar-refractivity contribution in [1.82, 2.24) is 29.7 Å². The Labute approximate surface area is 212 Å². The van der Waals surface area contributed by atoms with Crippen molar-refractivity contribution in [2.24, 2.45) is 9.98 Å². The van der Waals surface area contributed by atoms with Gasteiger partial charge in [-0.1, -0.05) is 5.21 Å². The van der Waals surface area contributed by atoms with Crippen LogP contribution in [0.1, 0.15) is 46.6 Å². The molecule has 0 unspecified atom stereocenters. The van der Waals surface area contributed by atoms with E-state index >= 15 is 0 Å². The van der Waals surface area contributed by atoms with Crippen LogP contribution in [-0.2, 0) is 4.74 Å². The summed E-state index contributed by atoms with van der Waals surface area (Å²) >= 11 is 1.68. The van der Waals surface area contributed by atoms with Crippen molar-refractivity contribution >= 4 is 35.6 Å². The Morgan fingerprint density at radius 2 is 2.19 bits per heavy atom. The molecule has 0 bridgehead atoms. The minimum atomic E-state index is -0.223. The number of methoxy groups -OCH3 is 1. The molecular weight excluding hydrogens is 476 g/mol. The molecule has 4 heterocycles. The number of hydrogen-bond donors (Lipinski definition) is 1. The molecule has 0 aromatic carbocycles. The Morgan fingerprint density at radius 3 is 2.89 bits per heavy atom. The summed E-state index contributed by atoms with van der Waals surface area (Å²) in [5, 5.41) is 11.5. The first-order valence-electron chi connectivity index (χ1n) is 11.5. The summed E-state index contributed by atoms with van der Waals surface area (Å²) in [4.78, 5) is 28.0. The van der Waals surface area contributed by atoms with Crippen molar-refractivity contribution in [1.29, 1.82) is 0 Å². The zero-order valence-corrected chi connectivity index (χ0v) is 21.1. The number of aromatic nitrogens is 5. The number of hydrogen-bond acceptors (Lipinski definition) is 7. The molecule has 4 aromatic heterocycles. The molecule has 0 saturated heterocycles. The number of nitrogens with one attached hydrogen (secondary N) is 1. The molecule has 4 aromatic rings. The summed E-state index contributed by atoms with van der Waals surface area (Å²) in [6.07, 6.45) is 9.27. The van der Waals surface area contributed by atoms with E-state index in [1.807, 2.05) is 34.5 Å². The highest BCUT2D eigenvalue weighted by Gasteiger charge is 2.29. The van der Waals surface area contributed by atoms with Gasteiger partial charge in [0.2, 0.25) is 0 Å². The number of fused-ring (bicyclic) bond motifs is 1. The van der Waals surface area contributed by atoms with Gasteiger partial charge < -0.3 is 10.1 Å². The molecular formula is C25H26N8O2S. The molecule has 0 atom stereocenters. The molecule has 11 heteroatoms. The number of amides is 1. The number of thiophene rings is 1. The summed E-state index contributed by atoms with van der Waals surface area (Å²) in [5.74, 6) is 0.209. The molecule has 5 rings (SSSR count). The fourth-order valence-electron chi connectivity index (χ4n) is 3.88. The highest BCUT2D eigenvalue weighted by Crippen LogP contribution is 2.40. The number of rotatable bonds is 7. The topological polar surface area (TPSA) is 111 Å². The number of aliphatic imine (C=N–C) groups is 2. The van der Waals surface area contributed by atoms with Crippen LogP contribution >= 0.6 is 11.3 Å². The average molecular weight is 503 g/mol. The lowest BCUT2D eigenvalue weighted by molar-refractivity contribution is 0.0956. The number of aryl methyl sites for hydroxylation is 1. The molecule has 1 amide bonds. The van der Waals surface area contributed by atoms with E-state index in [1.54, 1.807) is 23.7 Å². The van der Waals surface area contributed by atoms with Crippen LogP contribution in [0.3, 0.4) is 0 Å². The van der Waals surface area contributed by atoms with Gasteiger partial charge in [-0.15, -0.1) is 16.4 Å². The Balaban J connectivity index is 1.53. The first kappa shape index (κ1) is 23.6. The minimum absolute atomic E-state index is 0.159. The van der Waals surface area contributed by atoms with Crippen molar-refractivity contribution in [3.63, 3.8) is 0 Å². The lowest BCUT2D eigenvalue weighted by Gasteiger charge is -2.12. The number of carbonyl (C=O) groups is 1. The summed E-state index contributed by atoms with van der Waals surface area (Å²) in [6, 6.07) is 6.13. The maximum atomic E-state index is 13.3. The lowest BCUT2D eigenvalue weighted by atomic mass is 10.2. The van der Waals surface area contributed by atoms with E-state index in [-0.39, 0.29) is 11.9 Å². The zero-order valence-electron chi connectivity index (χ0n) is 20.3. The van der Waals surface area contributed by atoms with E-state index in [4.69, 9.17) is 9.72 Å². The van der Waals surface area contributed by atoms with Crippen LogP contribution in [0, 0.1) is 6.92 Å². The van der Waals surface area contributed by atoms with Crippen LogP contribution in [-0.4, -0.2) is 56.7 Å². The Bertz CT molecular complexity index is 1510. The normalized spacial score (nSPS) is 14.3. The predicted octanol–water partition coefficient (Wildman–Crippen LogP) is 4.17. The van der Waals surface area contributed by atoms with Crippen LogP contribution in [0.4, 0.5) is 0 Å². The van der Waals surface area contributed by atoms with Gasteiger partial charge in [0.25, 0.3) is 5.91 Å². The third-order valence-electron chi connectivity index (χ3n) is 5.88. The summed E-state index contributed by atoms with van der Waals surface area (Å²) in [5.41, 5.74) is 4.71. The molecule has 1 N–H and O–H groups in total. The number of carbonyl (C=O) groups excluding carboxylic acids is 1. The molecule has 0 radical (unpaired) electrons. The SMILES string of the molecule is C=NC(=N/C=C(\C)CNC(=O)c1cc(-n2nncc2C2CC2)c2ncc(-c3ccc(C)s3)n2c1)OC. The Morgan fingerprint density at radius 1 is 1.36 bits per heavy atom. The summed E-state index contributed by atoms with van der Waals surface area (Å²) in [7, 11) is 1.47. The van der Waals surface area contributed by atoms with E-state index in [2.05, 4.69) is 51.4 Å². The molecule has 1 saturated carbocycles. The zero-order chi connectivity index (χ0) is 25.2. The van der Waals surface area contributed by atoms with Crippen LogP contribution in [0.5, 0.6) is 0 Å². The molecule has 0 spiro atoms. The van der Waals surface area contributed by atoms with E-state index in [0.29, 0.717) is 18.0 Å². The fraction of sp³-hybridized carbons (Fsp3) is 0.280. The Hall–Kier alpha value is -4.12. The molecule has 36 heavy (non-hydrogen) atoms. The van der Waals surface area contributed by atoms with Crippen molar-refractivity contribution in [3.8, 4) is 16.3 Å². The van der Waals surface area contributed by atoms with Gasteiger partial charge >= 0.3 is 6.02 Å². The number of nitrogens with zero attached hydrogens (tertiary/aromatic N) is 7. The van der Waals surface area contributed by atoms with Gasteiger partial charge in [-0.3, -0.25) is 9.20 Å². The van der Waals surface area contributed by atoms with Crippen LogP contribution < -0.4 is 5.32 Å². The molecule has 10 nitrogen and oxygen atoms in total. The second-order valence-electron chi connectivity index (χ2n) is 8.64. The Kier molecular flexibility index (Phi) is 6.47. The van der Waals surface area contributed by atoms with Crippen molar-refractivity contribution in [2.45, 2.75) is 32.6 Å². The number of pyridine rings is 1. The third-order valence-corrected chi connectivity index (χ3v) is 6.91. The van der Waals surface area contributed by atoms with Gasteiger partial charge in [0, 0.05) is 29.7 Å². The fourth-order valence-corrected chi connectivity index (χ4v) is 4.76. The predicted molar refractivity (Wildman–Crippen MR) is 140 cm³/mol. The first-order valence-corrected chi connectivity index (χ1v) is 12.3. The average Bonchev–Trinajstić information content (AvgIpc) is 3.25. The summed E-state index contributed by atoms with van der Waals surface area (Å²) in [6.45, 7) is 7.64. The number of imidazole rings is 1. The molecule has 0 aliphatic heterocycles. The van der Waals surface area contributed by atoms with E-state index in [0.717, 1.165) is 46.0 Å². The molecule has 1 aliphatic rings. The lowest BCUT2D eigenvalue weighted by Crippen LogP contribution is -2.25. The van der Waals surface area contributed by atoms with Gasteiger partial charge in [0.05, 0.1) is 41.3 Å². The third kappa shape index (κ3) is 4.69. The quantitative estimate of drug-likeness (QED) is 0.301. The first-order chi connectivity index (χ1) is 17.5. The van der Waals surface area contributed by atoms with E-state index in [9.17, 15) is 4.79 Å². The number of ether oxygens (including phenoxy) is 1. The largest absolute Gasteiger partial charge is 0.467 e. The van der Waals surface area contributed by atoms with Gasteiger partial charge in [-0.25, -0.2) is 19.7 Å². The van der Waals surface area contributed by atoms with Gasteiger partial charge in [0.15, 0.2) is 5.65 Å². The minimum Gasteiger partial charge on any atom is -0.467 e. The van der Waals surface area contributed by atoms with Crippen LogP contribution in [0.15, 0.2) is 58.5 Å². The second kappa shape index (κ2) is 9.86. The van der Waals surface area contributed by atoms with Crippen molar-refractivity contribution < 1.29 is 9.53 Å². The highest BCUT2D eigenvalue weighted by molar-refractivity contribution is 7.15. The standard InChI is InChI=1S/C25H26N8O2S/c1-15(11-29-25(26-3)35-4)10-28-24(34)18-9-19(33-20(13-30-31-33)17-6-7-17)23-27-12-21(32(23)14-18)22-8-5-16(2)36-22/h5,8-9,11-14,17H,3,6-7,10H2,1-2,4H3,(H,28,34)/b15-11+,29-25?. The monoisotopic (exact) mass is 502 g/mol. The van der Waals surface area contributed by atoms with Crippen LogP contribution in [0.2, 0.25) is 0 Å². The van der Waals surface area contributed by atoms with Gasteiger partial charge in [-0.2, -0.15) is 0 Å². The summed E-state index contributed by atoms with van der Waals surface area (Å²) < 4.78 is 8.75. The smallest absolute Gasteiger partial charge is 0.315 e. The van der Waals surface area contributed by atoms with E-state index in [1.165, 1.54) is 12.0 Å². The van der Waals surface area contributed by atoms with Gasteiger partial charge in [-0.05, 0) is 57.2 Å². The second-order valence-corrected chi connectivity index (χ2v) is 9.93. The van der Waals surface area contributed by atoms with Gasteiger partial charge in [0.1, 0.15) is 5.69 Å². The van der Waals surface area contributed by atoms with Crippen LogP contribution in [0.25, 0.3) is 21.9 Å². The molecule has 1 aliphatic carbocycles. The van der Waals surface area contributed by atoms with Crippen molar-refractivity contribution in [3.05, 3.63) is 64.7 Å².